The van der Waals surface area contributed by atoms with Crippen molar-refractivity contribution >= 4 is 5.82 Å². The van der Waals surface area contributed by atoms with Crippen LogP contribution in [0.15, 0.2) is 17.1 Å². The molecule has 3 N–H and O–H groups in total. The number of hydrogen-bond donors (Lipinski definition) is 2. The molecule has 1 fully saturated rings. The minimum atomic E-state index is -1.33. The summed E-state index contributed by atoms with van der Waals surface area (Å²) in [4.78, 5) is 14.9. The topological polar surface area (TPSA) is 90.4 Å². The second-order valence-corrected chi connectivity index (χ2v) is 3.50. The number of nitrogens with two attached hydrogens (primary N) is 1. The first-order chi connectivity index (χ1) is 7.61. The quantitative estimate of drug-likeness (QED) is 0.742. The molecule has 2 heterocycles. The Morgan fingerprint density at radius 3 is 3.06 bits per heavy atom. The van der Waals surface area contributed by atoms with Crippen LogP contribution in [0.25, 0.3) is 0 Å². The van der Waals surface area contributed by atoms with E-state index in [1.807, 2.05) is 0 Å². The minimum absolute atomic E-state index is 0.00671. The number of halogens is 1. The zero-order valence-corrected chi connectivity index (χ0v) is 8.28. The third-order valence-corrected chi connectivity index (χ3v) is 2.41. The van der Waals surface area contributed by atoms with E-state index in [-0.39, 0.29) is 12.2 Å². The van der Waals surface area contributed by atoms with E-state index in [1.165, 1.54) is 12.3 Å². The van der Waals surface area contributed by atoms with Gasteiger partial charge in [-0.2, -0.15) is 4.98 Å². The van der Waals surface area contributed by atoms with E-state index < -0.39 is 24.2 Å². The summed E-state index contributed by atoms with van der Waals surface area (Å²) in [5.41, 5.74) is 4.72. The predicted octanol–water partition coefficient (Wildman–Crippen LogP) is -0.0146. The Bertz CT molecular complexity index is 436. The summed E-state index contributed by atoms with van der Waals surface area (Å²) < 4.78 is 19.5. The minimum Gasteiger partial charge on any atom is -0.387 e. The molecule has 0 spiro atoms. The Morgan fingerprint density at radius 1 is 1.75 bits per heavy atom. The zero-order chi connectivity index (χ0) is 11.7. The van der Waals surface area contributed by atoms with E-state index in [9.17, 15) is 9.18 Å². The lowest BCUT2D eigenvalue weighted by Gasteiger charge is -2.13. The summed E-state index contributed by atoms with van der Waals surface area (Å²) in [5.74, 6) is 0.0984. The molecule has 0 bridgehead atoms. The molecule has 1 radical (unpaired) electrons. The molecule has 1 aromatic rings. The SMILES string of the molecule is Nc1ccn([C@H]2C[C@H](F)[C@@H]([CH]O)O2)c(=O)n1. The molecule has 2 rings (SSSR count). The highest BCUT2D eigenvalue weighted by Crippen LogP contribution is 2.30. The Kier molecular flexibility index (Phi) is 2.88. The van der Waals surface area contributed by atoms with Crippen molar-refractivity contribution < 1.29 is 14.2 Å². The molecule has 0 aliphatic carbocycles. The van der Waals surface area contributed by atoms with Crippen LogP contribution in [-0.2, 0) is 4.74 Å². The fourth-order valence-electron chi connectivity index (χ4n) is 1.60. The number of hydrogen-bond acceptors (Lipinski definition) is 5. The first-order valence-electron chi connectivity index (χ1n) is 4.73. The molecule has 7 heteroatoms. The fourth-order valence-corrected chi connectivity index (χ4v) is 1.60. The van der Waals surface area contributed by atoms with Crippen molar-refractivity contribution in [3.05, 3.63) is 29.4 Å². The maximum absolute atomic E-state index is 13.3. The van der Waals surface area contributed by atoms with Gasteiger partial charge in [0.2, 0.25) is 0 Å². The molecule has 1 saturated heterocycles. The van der Waals surface area contributed by atoms with Gasteiger partial charge in [0, 0.05) is 12.6 Å². The standard InChI is InChI=1S/C9H11FN3O3/c10-5-3-8(16-6(5)4-14)13-2-1-7(11)12-9(13)15/h1-2,4-6,8,14H,3H2,(H2,11,12,15)/t5-,6+,8+/m0/s1. The van der Waals surface area contributed by atoms with Gasteiger partial charge in [0.25, 0.3) is 0 Å². The molecule has 0 saturated carbocycles. The highest BCUT2D eigenvalue weighted by Gasteiger charge is 2.36. The lowest BCUT2D eigenvalue weighted by Crippen LogP contribution is -2.27. The first kappa shape index (κ1) is 11.0. The van der Waals surface area contributed by atoms with Gasteiger partial charge < -0.3 is 15.6 Å². The molecule has 1 aliphatic heterocycles. The molecular weight excluding hydrogens is 217 g/mol. The normalized spacial score (nSPS) is 29.5. The van der Waals surface area contributed by atoms with Crippen LogP contribution in [0.3, 0.4) is 0 Å². The van der Waals surface area contributed by atoms with Gasteiger partial charge in [0.15, 0.2) is 0 Å². The Morgan fingerprint density at radius 2 is 2.50 bits per heavy atom. The van der Waals surface area contributed by atoms with E-state index in [0.717, 1.165) is 4.57 Å². The summed E-state index contributed by atoms with van der Waals surface area (Å²) >= 11 is 0. The summed E-state index contributed by atoms with van der Waals surface area (Å²) in [6, 6.07) is 1.42. The molecule has 87 valence electrons. The third-order valence-electron chi connectivity index (χ3n) is 2.41. The van der Waals surface area contributed by atoms with E-state index in [4.69, 9.17) is 15.6 Å². The van der Waals surface area contributed by atoms with Crippen molar-refractivity contribution in [2.75, 3.05) is 5.73 Å². The number of aliphatic hydroxyl groups excluding tert-OH is 1. The van der Waals surface area contributed by atoms with Gasteiger partial charge in [-0.15, -0.1) is 0 Å². The number of rotatable bonds is 2. The van der Waals surface area contributed by atoms with Crippen molar-refractivity contribution in [3.8, 4) is 0 Å². The number of nitrogens with zero attached hydrogens (tertiary/aromatic N) is 2. The molecule has 0 aromatic carbocycles. The average Bonchev–Trinajstić information content (AvgIpc) is 2.59. The number of ether oxygens (including phenoxy) is 1. The van der Waals surface area contributed by atoms with Crippen LogP contribution in [-0.4, -0.2) is 26.9 Å². The number of alkyl halides is 1. The van der Waals surface area contributed by atoms with Crippen molar-refractivity contribution in [1.82, 2.24) is 9.55 Å². The molecular formula is C9H11FN3O3. The molecule has 6 nitrogen and oxygen atoms in total. The van der Waals surface area contributed by atoms with Crippen molar-refractivity contribution in [1.29, 1.82) is 0 Å². The summed E-state index contributed by atoms with van der Waals surface area (Å²) in [7, 11) is 0. The molecule has 3 atom stereocenters. The third kappa shape index (κ3) is 1.91. The molecule has 16 heavy (non-hydrogen) atoms. The smallest absolute Gasteiger partial charge is 0.351 e. The molecule has 0 unspecified atom stereocenters. The molecule has 1 aromatic heterocycles. The lowest BCUT2D eigenvalue weighted by atomic mass is 10.2. The summed E-state index contributed by atoms with van der Waals surface area (Å²) in [6.45, 7) is 0.639. The summed E-state index contributed by atoms with van der Waals surface area (Å²) in [5, 5.41) is 8.70. The van der Waals surface area contributed by atoms with Crippen LogP contribution < -0.4 is 11.4 Å². The van der Waals surface area contributed by atoms with E-state index in [2.05, 4.69) is 4.98 Å². The van der Waals surface area contributed by atoms with Crippen molar-refractivity contribution in [2.45, 2.75) is 24.9 Å². The zero-order valence-electron chi connectivity index (χ0n) is 8.28. The monoisotopic (exact) mass is 228 g/mol. The van der Waals surface area contributed by atoms with Gasteiger partial charge in [-0.1, -0.05) is 0 Å². The van der Waals surface area contributed by atoms with Crippen LogP contribution >= 0.6 is 0 Å². The summed E-state index contributed by atoms with van der Waals surface area (Å²) in [6.07, 6.45) is -1.72. The van der Waals surface area contributed by atoms with Crippen LogP contribution in [0.1, 0.15) is 12.6 Å². The van der Waals surface area contributed by atoms with Gasteiger partial charge in [-0.05, 0) is 6.07 Å². The maximum atomic E-state index is 13.3. The molecule has 0 amide bonds. The lowest BCUT2D eigenvalue weighted by molar-refractivity contribution is -0.0135. The second kappa shape index (κ2) is 4.18. The van der Waals surface area contributed by atoms with E-state index in [1.54, 1.807) is 0 Å². The number of aliphatic hydroxyl groups is 1. The van der Waals surface area contributed by atoms with Crippen LogP contribution in [0.5, 0.6) is 0 Å². The number of anilines is 1. The van der Waals surface area contributed by atoms with Crippen molar-refractivity contribution in [3.63, 3.8) is 0 Å². The second-order valence-electron chi connectivity index (χ2n) is 3.50. The Labute approximate surface area is 90.5 Å². The van der Waals surface area contributed by atoms with E-state index >= 15 is 0 Å². The number of aromatic nitrogens is 2. The van der Waals surface area contributed by atoms with Gasteiger partial charge in [0.1, 0.15) is 30.9 Å². The van der Waals surface area contributed by atoms with Gasteiger partial charge in [-0.3, -0.25) is 4.57 Å². The Balaban J connectivity index is 2.23. The fraction of sp³-hybridized carbons (Fsp3) is 0.444. The highest BCUT2D eigenvalue weighted by molar-refractivity contribution is 5.23. The largest absolute Gasteiger partial charge is 0.387 e. The maximum Gasteiger partial charge on any atom is 0.351 e. The average molecular weight is 228 g/mol. The van der Waals surface area contributed by atoms with Gasteiger partial charge in [0.05, 0.1) is 0 Å². The number of nitrogen functional groups attached to an aromatic ring is 1. The molecule has 1 aliphatic rings. The highest BCUT2D eigenvalue weighted by atomic mass is 19.1. The van der Waals surface area contributed by atoms with Crippen LogP contribution in [0, 0.1) is 6.61 Å². The van der Waals surface area contributed by atoms with E-state index in [0.29, 0.717) is 6.61 Å². The van der Waals surface area contributed by atoms with Gasteiger partial charge in [-0.25, -0.2) is 9.18 Å². The van der Waals surface area contributed by atoms with Gasteiger partial charge >= 0.3 is 5.69 Å². The van der Waals surface area contributed by atoms with Crippen LogP contribution in [0.2, 0.25) is 0 Å². The van der Waals surface area contributed by atoms with Crippen LogP contribution in [0.4, 0.5) is 10.2 Å². The predicted molar refractivity (Wildman–Crippen MR) is 52.6 cm³/mol. The first-order valence-corrected chi connectivity index (χ1v) is 4.73. The Hall–Kier alpha value is -1.47. The van der Waals surface area contributed by atoms with Crippen molar-refractivity contribution in [2.24, 2.45) is 0 Å².